The summed E-state index contributed by atoms with van der Waals surface area (Å²) in [5.74, 6) is 0.350. The van der Waals surface area contributed by atoms with E-state index in [2.05, 4.69) is 10.3 Å². The Morgan fingerprint density at radius 3 is 2.82 bits per heavy atom. The lowest BCUT2D eigenvalue weighted by atomic mass is 9.95. The Balaban J connectivity index is 2.79. The molecule has 1 heterocycles. The molecule has 0 fully saturated rings. The van der Waals surface area contributed by atoms with E-state index in [1.54, 1.807) is 17.0 Å². The summed E-state index contributed by atoms with van der Waals surface area (Å²) in [4.78, 5) is 16.0. The molecule has 0 saturated heterocycles. The Hall–Kier alpha value is -1.36. The molecule has 17 heavy (non-hydrogen) atoms. The third-order valence-electron chi connectivity index (χ3n) is 2.54. The number of hydrogen-bond acceptors (Lipinski definition) is 4. The lowest BCUT2D eigenvalue weighted by molar-refractivity contribution is 0.170. The molecule has 0 aromatic carbocycles. The van der Waals surface area contributed by atoms with Crippen molar-refractivity contribution in [3.05, 3.63) is 22.7 Å². The number of aliphatic hydroxyl groups excluding tert-OH is 1. The highest BCUT2D eigenvalue weighted by Crippen LogP contribution is 2.13. The fourth-order valence-electron chi connectivity index (χ4n) is 1.36. The van der Waals surface area contributed by atoms with Gasteiger partial charge in [0.1, 0.15) is 0 Å². The molecular weight excluding hydrogens is 218 g/mol. The van der Waals surface area contributed by atoms with Crippen LogP contribution in [0.3, 0.4) is 0 Å². The minimum Gasteiger partial charge on any atom is -0.396 e. The molecule has 0 unspecified atom stereocenters. The van der Waals surface area contributed by atoms with E-state index in [0.29, 0.717) is 18.9 Å². The second kappa shape index (κ2) is 5.82. The molecule has 2 N–H and O–H groups in total. The Bertz CT molecular complexity index is 412. The molecule has 0 atom stereocenters. The predicted octanol–water partition coefficient (Wildman–Crippen LogP) is 1.08. The van der Waals surface area contributed by atoms with Crippen LogP contribution in [-0.4, -0.2) is 27.8 Å². The summed E-state index contributed by atoms with van der Waals surface area (Å²) >= 11 is 0. The van der Waals surface area contributed by atoms with Gasteiger partial charge in [0, 0.05) is 37.5 Å². The van der Waals surface area contributed by atoms with Crippen molar-refractivity contribution in [2.75, 3.05) is 18.5 Å². The average Bonchev–Trinajstić information content (AvgIpc) is 2.31. The first-order valence-electron chi connectivity index (χ1n) is 5.90. The quantitative estimate of drug-likeness (QED) is 0.779. The van der Waals surface area contributed by atoms with Crippen molar-refractivity contribution in [1.82, 2.24) is 9.55 Å². The molecule has 0 bridgehead atoms. The summed E-state index contributed by atoms with van der Waals surface area (Å²) in [6.45, 7) is 7.15. The van der Waals surface area contributed by atoms with Crippen LogP contribution in [0.15, 0.2) is 17.2 Å². The molecule has 0 amide bonds. The minimum absolute atomic E-state index is 0.0655. The summed E-state index contributed by atoms with van der Waals surface area (Å²) in [6.07, 6.45) is 4.21. The van der Waals surface area contributed by atoms with Gasteiger partial charge in [0.2, 0.25) is 0 Å². The van der Waals surface area contributed by atoms with E-state index in [0.717, 1.165) is 6.42 Å². The Labute approximate surface area is 102 Å². The highest BCUT2D eigenvalue weighted by molar-refractivity contribution is 5.31. The normalized spacial score (nSPS) is 11.5. The van der Waals surface area contributed by atoms with Crippen LogP contribution in [0.5, 0.6) is 0 Å². The van der Waals surface area contributed by atoms with Crippen LogP contribution >= 0.6 is 0 Å². The van der Waals surface area contributed by atoms with Gasteiger partial charge in [-0.05, 0) is 6.42 Å². The predicted molar refractivity (Wildman–Crippen MR) is 68.1 cm³/mol. The van der Waals surface area contributed by atoms with E-state index in [4.69, 9.17) is 5.11 Å². The third-order valence-corrected chi connectivity index (χ3v) is 2.54. The SMILES string of the molecule is CCCn1ccnc(NCC(C)(C)CO)c1=O. The molecule has 0 radical (unpaired) electrons. The van der Waals surface area contributed by atoms with Crippen molar-refractivity contribution in [3.63, 3.8) is 0 Å². The highest BCUT2D eigenvalue weighted by atomic mass is 16.3. The van der Waals surface area contributed by atoms with Gasteiger partial charge in [0.05, 0.1) is 0 Å². The van der Waals surface area contributed by atoms with Crippen molar-refractivity contribution in [2.45, 2.75) is 33.7 Å². The molecule has 96 valence electrons. The van der Waals surface area contributed by atoms with Gasteiger partial charge in [-0.1, -0.05) is 20.8 Å². The van der Waals surface area contributed by atoms with Crippen molar-refractivity contribution in [2.24, 2.45) is 5.41 Å². The number of rotatable bonds is 6. The largest absolute Gasteiger partial charge is 0.396 e. The van der Waals surface area contributed by atoms with Gasteiger partial charge in [-0.2, -0.15) is 0 Å². The second-order valence-electron chi connectivity index (χ2n) is 4.95. The molecule has 0 aliphatic rings. The third kappa shape index (κ3) is 3.85. The van der Waals surface area contributed by atoms with E-state index in [9.17, 15) is 4.79 Å². The van der Waals surface area contributed by atoms with Gasteiger partial charge in [-0.25, -0.2) is 4.98 Å². The smallest absolute Gasteiger partial charge is 0.293 e. The van der Waals surface area contributed by atoms with Crippen LogP contribution in [-0.2, 0) is 6.54 Å². The number of anilines is 1. The fraction of sp³-hybridized carbons (Fsp3) is 0.667. The molecule has 5 heteroatoms. The topological polar surface area (TPSA) is 67.2 Å². The van der Waals surface area contributed by atoms with Gasteiger partial charge in [0.25, 0.3) is 5.56 Å². The Morgan fingerprint density at radius 1 is 1.53 bits per heavy atom. The monoisotopic (exact) mass is 239 g/mol. The second-order valence-corrected chi connectivity index (χ2v) is 4.95. The summed E-state index contributed by atoms with van der Waals surface area (Å²) in [5.41, 5.74) is -0.373. The van der Waals surface area contributed by atoms with E-state index < -0.39 is 0 Å². The van der Waals surface area contributed by atoms with Gasteiger partial charge in [-0.3, -0.25) is 4.79 Å². The molecule has 1 rings (SSSR count). The maximum atomic E-state index is 11.9. The molecule has 0 saturated carbocycles. The van der Waals surface area contributed by atoms with Gasteiger partial charge >= 0.3 is 0 Å². The first-order valence-corrected chi connectivity index (χ1v) is 5.90. The summed E-state index contributed by atoms with van der Waals surface area (Å²) in [7, 11) is 0. The van der Waals surface area contributed by atoms with Gasteiger partial charge < -0.3 is 15.0 Å². The summed E-state index contributed by atoms with van der Waals surface area (Å²) in [5, 5.41) is 12.1. The summed E-state index contributed by atoms with van der Waals surface area (Å²) in [6, 6.07) is 0. The van der Waals surface area contributed by atoms with Crippen LogP contribution in [0.25, 0.3) is 0 Å². The zero-order valence-corrected chi connectivity index (χ0v) is 10.7. The summed E-state index contributed by atoms with van der Waals surface area (Å²) < 4.78 is 1.64. The number of nitrogens with zero attached hydrogens (tertiary/aromatic N) is 2. The number of aliphatic hydroxyl groups is 1. The highest BCUT2D eigenvalue weighted by Gasteiger charge is 2.17. The average molecular weight is 239 g/mol. The molecule has 0 aliphatic heterocycles. The van der Waals surface area contributed by atoms with Crippen LogP contribution in [0.1, 0.15) is 27.2 Å². The Kier molecular flexibility index (Phi) is 4.69. The van der Waals surface area contributed by atoms with Crippen molar-refractivity contribution in [1.29, 1.82) is 0 Å². The van der Waals surface area contributed by atoms with Crippen molar-refractivity contribution < 1.29 is 5.11 Å². The fourth-order valence-corrected chi connectivity index (χ4v) is 1.36. The first-order chi connectivity index (χ1) is 8.00. The lowest BCUT2D eigenvalue weighted by Crippen LogP contribution is -2.31. The van der Waals surface area contributed by atoms with Gasteiger partial charge in [-0.15, -0.1) is 0 Å². The van der Waals surface area contributed by atoms with E-state index in [1.807, 2.05) is 20.8 Å². The van der Waals surface area contributed by atoms with Crippen LogP contribution in [0, 0.1) is 5.41 Å². The zero-order chi connectivity index (χ0) is 12.9. The number of aromatic nitrogens is 2. The molecule has 5 nitrogen and oxygen atoms in total. The van der Waals surface area contributed by atoms with Crippen LogP contribution in [0.4, 0.5) is 5.82 Å². The van der Waals surface area contributed by atoms with Crippen molar-refractivity contribution in [3.8, 4) is 0 Å². The standard InChI is InChI=1S/C12H21N3O2/c1-4-6-15-7-5-13-10(11(15)17)14-8-12(2,3)9-16/h5,7,16H,4,6,8-9H2,1-3H3,(H,13,14). The Morgan fingerprint density at radius 2 is 2.24 bits per heavy atom. The van der Waals surface area contributed by atoms with E-state index in [-0.39, 0.29) is 17.6 Å². The number of nitrogens with one attached hydrogen (secondary N) is 1. The molecule has 1 aromatic heterocycles. The maximum absolute atomic E-state index is 11.9. The molecule has 0 aliphatic carbocycles. The number of aryl methyl sites for hydroxylation is 1. The van der Waals surface area contributed by atoms with Crippen LogP contribution in [0.2, 0.25) is 0 Å². The van der Waals surface area contributed by atoms with Crippen LogP contribution < -0.4 is 10.9 Å². The first kappa shape index (κ1) is 13.7. The molecule has 1 aromatic rings. The number of hydrogen-bond donors (Lipinski definition) is 2. The van der Waals surface area contributed by atoms with E-state index in [1.165, 1.54) is 0 Å². The molecular formula is C12H21N3O2. The molecule has 0 spiro atoms. The van der Waals surface area contributed by atoms with Crippen molar-refractivity contribution >= 4 is 5.82 Å². The zero-order valence-electron chi connectivity index (χ0n) is 10.7. The van der Waals surface area contributed by atoms with Gasteiger partial charge in [0.15, 0.2) is 5.82 Å². The lowest BCUT2D eigenvalue weighted by Gasteiger charge is -2.22. The minimum atomic E-state index is -0.264. The maximum Gasteiger partial charge on any atom is 0.293 e. The van der Waals surface area contributed by atoms with E-state index >= 15 is 0 Å².